The predicted molar refractivity (Wildman–Crippen MR) is 105 cm³/mol. The third kappa shape index (κ3) is 2.57. The Balaban J connectivity index is 1.56. The average molecular weight is 357 g/mol. The highest BCUT2D eigenvalue weighted by atomic mass is 16.5. The molecule has 4 aliphatic carbocycles. The number of oxime groups is 1. The van der Waals surface area contributed by atoms with E-state index in [9.17, 15) is 0 Å². The topological polar surface area (TPSA) is 41.8 Å². The van der Waals surface area contributed by atoms with Gasteiger partial charge >= 0.3 is 0 Å². The van der Waals surface area contributed by atoms with E-state index in [-0.39, 0.29) is 6.10 Å². The van der Waals surface area contributed by atoms with E-state index in [0.29, 0.717) is 16.7 Å². The van der Waals surface area contributed by atoms with Crippen molar-refractivity contribution in [3.63, 3.8) is 0 Å². The van der Waals surface area contributed by atoms with Crippen LogP contribution < -0.4 is 0 Å². The van der Waals surface area contributed by atoms with Gasteiger partial charge in [0.25, 0.3) is 0 Å². The molecular weight excluding hydrogens is 322 g/mol. The minimum Gasteiger partial charge on any atom is -0.475 e. The zero-order chi connectivity index (χ0) is 18.5. The standard InChI is InChI=1S/C23H34NO2/c1-5-16-7-9-20-19-8-6-17-14-18(26-15(2)24-25)10-12-23(17,4)21(19)11-13-22(16,20)3/h5-7,18-21,25H,8-14H2,1-4H3/t18-,19-,20-,21-,22+,23-/m0/s1. The first-order valence-electron chi connectivity index (χ1n) is 10.5. The summed E-state index contributed by atoms with van der Waals surface area (Å²) in [5, 5.41) is 12.1. The molecule has 3 heteroatoms. The lowest BCUT2D eigenvalue weighted by Crippen LogP contribution is -2.50. The van der Waals surface area contributed by atoms with E-state index in [2.05, 4.69) is 44.5 Å². The zero-order valence-corrected chi connectivity index (χ0v) is 16.8. The summed E-state index contributed by atoms with van der Waals surface area (Å²) < 4.78 is 5.83. The van der Waals surface area contributed by atoms with Crippen LogP contribution in [0.5, 0.6) is 0 Å². The SMILES string of the molecule is C[CH]C1=CC[C@H]2[C@@H]3CC=C4C[C@@H](OC(C)=NO)CC[C@]4(C)[C@H]3CC[C@]12C. The molecule has 26 heavy (non-hydrogen) atoms. The van der Waals surface area contributed by atoms with Gasteiger partial charge in [0.05, 0.1) is 0 Å². The Morgan fingerprint density at radius 1 is 1.15 bits per heavy atom. The van der Waals surface area contributed by atoms with E-state index in [1.165, 1.54) is 32.1 Å². The van der Waals surface area contributed by atoms with Crippen molar-refractivity contribution in [2.24, 2.45) is 33.7 Å². The molecule has 0 aromatic rings. The summed E-state index contributed by atoms with van der Waals surface area (Å²) >= 11 is 0. The van der Waals surface area contributed by atoms with Crippen molar-refractivity contribution < 1.29 is 9.94 Å². The quantitative estimate of drug-likeness (QED) is 0.220. The fourth-order valence-corrected chi connectivity index (χ4v) is 7.04. The van der Waals surface area contributed by atoms with Crippen LogP contribution in [0.25, 0.3) is 0 Å². The van der Waals surface area contributed by atoms with E-state index >= 15 is 0 Å². The second kappa shape index (κ2) is 6.42. The molecule has 2 saturated carbocycles. The van der Waals surface area contributed by atoms with Gasteiger partial charge in [-0.15, -0.1) is 0 Å². The van der Waals surface area contributed by atoms with Crippen molar-refractivity contribution in [2.45, 2.75) is 78.7 Å². The molecule has 0 aliphatic heterocycles. The highest BCUT2D eigenvalue weighted by molar-refractivity contribution is 5.72. The lowest BCUT2D eigenvalue weighted by atomic mass is 9.47. The van der Waals surface area contributed by atoms with Crippen LogP contribution in [0.1, 0.15) is 72.6 Å². The maximum Gasteiger partial charge on any atom is 0.222 e. The third-order valence-corrected chi connectivity index (χ3v) is 8.49. The maximum absolute atomic E-state index is 8.90. The molecule has 4 aliphatic rings. The van der Waals surface area contributed by atoms with Gasteiger partial charge in [0, 0.05) is 13.3 Å². The van der Waals surface area contributed by atoms with Gasteiger partial charge < -0.3 is 9.94 Å². The molecule has 0 bridgehead atoms. The van der Waals surface area contributed by atoms with Crippen molar-refractivity contribution in [3.8, 4) is 0 Å². The van der Waals surface area contributed by atoms with Crippen LogP contribution in [0.3, 0.4) is 0 Å². The van der Waals surface area contributed by atoms with Gasteiger partial charge in [-0.05, 0) is 73.5 Å². The van der Waals surface area contributed by atoms with E-state index in [0.717, 1.165) is 30.6 Å². The van der Waals surface area contributed by atoms with Crippen LogP contribution >= 0.6 is 0 Å². The lowest BCUT2D eigenvalue weighted by molar-refractivity contribution is -0.0278. The van der Waals surface area contributed by atoms with E-state index in [1.54, 1.807) is 18.1 Å². The summed E-state index contributed by atoms with van der Waals surface area (Å²) in [6.45, 7) is 8.99. The van der Waals surface area contributed by atoms with Gasteiger partial charge in [-0.1, -0.05) is 49.2 Å². The Bertz CT molecular complexity index is 663. The molecule has 3 nitrogen and oxygen atoms in total. The van der Waals surface area contributed by atoms with E-state index in [1.807, 2.05) is 0 Å². The number of hydrogen-bond donors (Lipinski definition) is 1. The molecule has 0 heterocycles. The van der Waals surface area contributed by atoms with Crippen LogP contribution in [0.4, 0.5) is 0 Å². The van der Waals surface area contributed by atoms with Crippen LogP contribution in [-0.2, 0) is 4.74 Å². The van der Waals surface area contributed by atoms with Crippen LogP contribution in [0, 0.1) is 35.0 Å². The van der Waals surface area contributed by atoms with E-state index < -0.39 is 0 Å². The number of ether oxygens (including phenoxy) is 1. The molecule has 1 N–H and O–H groups in total. The van der Waals surface area contributed by atoms with Gasteiger partial charge in [-0.25, -0.2) is 0 Å². The molecule has 1 radical (unpaired) electrons. The second-order valence-electron chi connectivity index (χ2n) is 9.50. The fraction of sp³-hybridized carbons (Fsp3) is 0.739. The first-order chi connectivity index (χ1) is 12.4. The minimum atomic E-state index is 0.171. The highest BCUT2D eigenvalue weighted by Crippen LogP contribution is 2.65. The Morgan fingerprint density at radius 2 is 1.92 bits per heavy atom. The number of nitrogens with zero attached hydrogens (tertiary/aromatic N) is 1. The summed E-state index contributed by atoms with van der Waals surface area (Å²) in [6.07, 6.45) is 16.1. The molecular formula is C23H34NO2. The lowest BCUT2D eigenvalue weighted by Gasteiger charge is -2.58. The molecule has 0 aromatic heterocycles. The summed E-state index contributed by atoms with van der Waals surface area (Å²) in [5.74, 6) is 2.86. The Labute approximate surface area is 158 Å². The van der Waals surface area contributed by atoms with Crippen molar-refractivity contribution >= 4 is 5.90 Å². The van der Waals surface area contributed by atoms with Gasteiger partial charge in [-0.2, -0.15) is 0 Å². The van der Waals surface area contributed by atoms with Crippen molar-refractivity contribution in [1.29, 1.82) is 0 Å². The smallest absolute Gasteiger partial charge is 0.222 e. The highest BCUT2D eigenvalue weighted by Gasteiger charge is 2.56. The normalized spacial score (nSPS) is 45.2. The van der Waals surface area contributed by atoms with Crippen molar-refractivity contribution in [3.05, 3.63) is 29.7 Å². The number of allylic oxidation sites excluding steroid dienone is 3. The summed E-state index contributed by atoms with van der Waals surface area (Å²) in [6, 6.07) is 0. The number of rotatable bonds is 2. The van der Waals surface area contributed by atoms with Gasteiger partial charge in [0.2, 0.25) is 5.90 Å². The van der Waals surface area contributed by atoms with E-state index in [4.69, 9.17) is 9.94 Å². The summed E-state index contributed by atoms with van der Waals surface area (Å²) in [5.41, 5.74) is 3.97. The average Bonchev–Trinajstić information content (AvgIpc) is 2.98. The predicted octanol–water partition coefficient (Wildman–Crippen LogP) is 5.90. The number of fused-ring (bicyclic) bond motifs is 5. The van der Waals surface area contributed by atoms with Crippen LogP contribution in [-0.4, -0.2) is 17.2 Å². The van der Waals surface area contributed by atoms with Gasteiger partial charge in [0.1, 0.15) is 6.10 Å². The summed E-state index contributed by atoms with van der Waals surface area (Å²) in [7, 11) is 0. The Hall–Kier alpha value is -1.25. The largest absolute Gasteiger partial charge is 0.475 e. The monoisotopic (exact) mass is 356 g/mol. The zero-order valence-electron chi connectivity index (χ0n) is 16.8. The molecule has 4 rings (SSSR count). The molecule has 0 amide bonds. The van der Waals surface area contributed by atoms with Crippen LogP contribution in [0.15, 0.2) is 28.5 Å². The minimum absolute atomic E-state index is 0.171. The Kier molecular flexibility index (Phi) is 4.48. The fourth-order valence-electron chi connectivity index (χ4n) is 7.04. The number of hydrogen-bond acceptors (Lipinski definition) is 3. The van der Waals surface area contributed by atoms with Crippen molar-refractivity contribution in [2.75, 3.05) is 0 Å². The van der Waals surface area contributed by atoms with Crippen molar-refractivity contribution in [1.82, 2.24) is 0 Å². The molecule has 2 fully saturated rings. The molecule has 143 valence electrons. The molecule has 0 aromatic carbocycles. The van der Waals surface area contributed by atoms with Crippen LogP contribution in [0.2, 0.25) is 0 Å². The first kappa shape index (κ1) is 18.1. The second-order valence-corrected chi connectivity index (χ2v) is 9.50. The Morgan fingerprint density at radius 3 is 2.65 bits per heavy atom. The molecule has 0 saturated heterocycles. The van der Waals surface area contributed by atoms with Gasteiger partial charge in [0.15, 0.2) is 0 Å². The molecule has 0 spiro atoms. The summed E-state index contributed by atoms with van der Waals surface area (Å²) in [4.78, 5) is 0. The van der Waals surface area contributed by atoms with Gasteiger partial charge in [-0.3, -0.25) is 0 Å². The first-order valence-corrected chi connectivity index (χ1v) is 10.5. The maximum atomic E-state index is 8.90. The molecule has 0 unspecified atom stereocenters. The molecule has 6 atom stereocenters. The third-order valence-electron chi connectivity index (χ3n) is 8.49.